The van der Waals surface area contributed by atoms with Gasteiger partial charge in [0.15, 0.2) is 5.78 Å². The van der Waals surface area contributed by atoms with Gasteiger partial charge in [0.05, 0.1) is 17.8 Å². The van der Waals surface area contributed by atoms with Gasteiger partial charge in [-0.3, -0.25) is 14.5 Å². The first kappa shape index (κ1) is 21.7. The lowest BCUT2D eigenvalue weighted by molar-refractivity contribution is -0.138. The Hall–Kier alpha value is -3.10. The summed E-state index contributed by atoms with van der Waals surface area (Å²) in [4.78, 5) is 42.2. The number of esters is 1. The van der Waals surface area contributed by atoms with Gasteiger partial charge in [-0.05, 0) is 43.2 Å². The van der Waals surface area contributed by atoms with Crippen LogP contribution in [0.1, 0.15) is 24.8 Å². The molecule has 168 valence electrons. The summed E-state index contributed by atoms with van der Waals surface area (Å²) < 4.78 is 5.80. The summed E-state index contributed by atoms with van der Waals surface area (Å²) in [7, 11) is 1.22. The highest BCUT2D eigenvalue weighted by Crippen LogP contribution is 2.56. The average Bonchev–Trinajstić information content (AvgIpc) is 3.06. The summed E-state index contributed by atoms with van der Waals surface area (Å²) in [5, 5.41) is 3.24. The number of nitrogens with zero attached hydrogens (tertiary/aromatic N) is 1. The first-order chi connectivity index (χ1) is 15.8. The number of halogens is 2. The van der Waals surface area contributed by atoms with Crippen LogP contribution in [-0.4, -0.2) is 24.8 Å². The summed E-state index contributed by atoms with van der Waals surface area (Å²) in [6, 6.07) is 12.3. The number of benzene rings is 2. The second-order valence-electron chi connectivity index (χ2n) is 8.03. The fourth-order valence-corrected chi connectivity index (χ4v) is 5.67. The molecule has 0 fully saturated rings. The van der Waals surface area contributed by atoms with Crippen LogP contribution in [0, 0.1) is 0 Å². The molecule has 33 heavy (non-hydrogen) atoms. The lowest BCUT2D eigenvalue weighted by Crippen LogP contribution is -2.53. The molecule has 1 unspecified atom stereocenters. The number of anilines is 2. The Bertz CT molecular complexity index is 1320. The van der Waals surface area contributed by atoms with Crippen LogP contribution in [-0.2, 0) is 24.5 Å². The van der Waals surface area contributed by atoms with E-state index in [1.165, 1.54) is 7.11 Å². The van der Waals surface area contributed by atoms with Crippen molar-refractivity contribution in [3.05, 3.63) is 80.2 Å². The maximum Gasteiger partial charge on any atom is 0.339 e. The predicted molar refractivity (Wildman–Crippen MR) is 127 cm³/mol. The first-order valence-electron chi connectivity index (χ1n) is 10.3. The maximum atomic E-state index is 13.8. The number of Topliss-reactive ketones (excluding diaryl/α,β-unsaturated/α-hetero) is 1. The number of allylic oxidation sites excluding steroid dienone is 1. The minimum atomic E-state index is -1.72. The highest BCUT2D eigenvalue weighted by molar-refractivity contribution is 9.10. The second kappa shape index (κ2) is 7.74. The van der Waals surface area contributed by atoms with Crippen molar-refractivity contribution in [2.24, 2.45) is 5.73 Å². The fraction of sp³-hybridized carbons (Fsp3) is 0.208. The molecule has 3 aliphatic rings. The van der Waals surface area contributed by atoms with Gasteiger partial charge in [0.2, 0.25) is 5.91 Å². The molecule has 7 nitrogen and oxygen atoms in total. The Balaban J connectivity index is 1.94. The van der Waals surface area contributed by atoms with E-state index in [0.29, 0.717) is 45.0 Å². The number of nitrogens with two attached hydrogens (primary N) is 1. The molecule has 9 heteroatoms. The van der Waals surface area contributed by atoms with E-state index in [1.807, 2.05) is 0 Å². The number of fused-ring (bicyclic) bond motifs is 3. The number of amides is 1. The molecule has 2 heterocycles. The molecule has 5 rings (SSSR count). The number of nitrogens with one attached hydrogen (secondary N) is 1. The highest BCUT2D eigenvalue weighted by Gasteiger charge is 2.62. The third-order valence-electron chi connectivity index (χ3n) is 6.36. The van der Waals surface area contributed by atoms with Gasteiger partial charge in [0, 0.05) is 33.4 Å². The highest BCUT2D eigenvalue weighted by atomic mass is 79.9. The quantitative estimate of drug-likeness (QED) is 0.568. The number of carbonyl (C=O) groups excluding carboxylic acids is 3. The molecule has 1 spiro atoms. The summed E-state index contributed by atoms with van der Waals surface area (Å²) in [6.45, 7) is 0. The zero-order chi connectivity index (χ0) is 23.5. The zero-order valence-corrected chi connectivity index (χ0v) is 19.9. The summed E-state index contributed by atoms with van der Waals surface area (Å²) in [5.41, 5.74) is 7.15. The minimum absolute atomic E-state index is 0.00590. The largest absolute Gasteiger partial charge is 0.466 e. The van der Waals surface area contributed by atoms with Crippen LogP contribution >= 0.6 is 27.5 Å². The third-order valence-corrected chi connectivity index (χ3v) is 7.17. The van der Waals surface area contributed by atoms with Gasteiger partial charge in [0.25, 0.3) is 0 Å². The van der Waals surface area contributed by atoms with E-state index in [9.17, 15) is 14.4 Å². The topological polar surface area (TPSA) is 102 Å². The van der Waals surface area contributed by atoms with Crippen LogP contribution in [0.3, 0.4) is 0 Å². The van der Waals surface area contributed by atoms with Gasteiger partial charge in [0.1, 0.15) is 16.8 Å². The van der Waals surface area contributed by atoms with Crippen LogP contribution in [0.5, 0.6) is 0 Å². The van der Waals surface area contributed by atoms with Gasteiger partial charge in [-0.1, -0.05) is 39.7 Å². The van der Waals surface area contributed by atoms with E-state index >= 15 is 0 Å². The van der Waals surface area contributed by atoms with Gasteiger partial charge in [-0.25, -0.2) is 4.79 Å². The molecule has 3 N–H and O–H groups in total. The Morgan fingerprint density at radius 3 is 2.70 bits per heavy atom. The van der Waals surface area contributed by atoms with E-state index < -0.39 is 17.3 Å². The van der Waals surface area contributed by atoms with Gasteiger partial charge >= 0.3 is 5.97 Å². The summed E-state index contributed by atoms with van der Waals surface area (Å²) in [5.74, 6) is -1.52. The van der Waals surface area contributed by atoms with Crippen molar-refractivity contribution in [3.8, 4) is 0 Å². The van der Waals surface area contributed by atoms with Crippen molar-refractivity contribution >= 4 is 56.6 Å². The average molecular weight is 529 g/mol. The Kier molecular flexibility index (Phi) is 5.10. The second-order valence-corrected chi connectivity index (χ2v) is 9.35. The molecule has 1 aliphatic carbocycles. The van der Waals surface area contributed by atoms with Crippen molar-refractivity contribution in [1.29, 1.82) is 0 Å². The van der Waals surface area contributed by atoms with Crippen LogP contribution in [0.15, 0.2) is 69.6 Å². The molecule has 0 saturated heterocycles. The third kappa shape index (κ3) is 2.90. The van der Waals surface area contributed by atoms with Crippen molar-refractivity contribution in [1.82, 2.24) is 0 Å². The Morgan fingerprint density at radius 2 is 1.97 bits per heavy atom. The SMILES string of the molecule is COC(=O)C1=C(N)N(c2ccccc2Cl)C2=C(C(=O)CCC2)C12C(=O)Nc1ccc(Br)cc12. The molecule has 2 aromatic rings. The predicted octanol–water partition coefficient (Wildman–Crippen LogP) is 4.16. The number of rotatable bonds is 2. The van der Waals surface area contributed by atoms with E-state index in [-0.39, 0.29) is 29.2 Å². The van der Waals surface area contributed by atoms with Crippen LogP contribution < -0.4 is 16.0 Å². The molecule has 2 aromatic carbocycles. The van der Waals surface area contributed by atoms with Crippen molar-refractivity contribution in [2.45, 2.75) is 24.7 Å². The van der Waals surface area contributed by atoms with Gasteiger partial charge in [-0.2, -0.15) is 0 Å². The molecular formula is C24H19BrClN3O4. The molecule has 0 saturated carbocycles. The number of hydrogen-bond donors (Lipinski definition) is 2. The fourth-order valence-electron chi connectivity index (χ4n) is 5.09. The maximum absolute atomic E-state index is 13.8. The number of methoxy groups -OCH3 is 1. The van der Waals surface area contributed by atoms with Crippen molar-refractivity contribution < 1.29 is 19.1 Å². The van der Waals surface area contributed by atoms with Crippen molar-refractivity contribution in [2.75, 3.05) is 17.3 Å². The summed E-state index contributed by atoms with van der Waals surface area (Å²) >= 11 is 9.96. The molecule has 1 amide bonds. The van der Waals surface area contributed by atoms with E-state index in [0.717, 1.165) is 0 Å². The number of ether oxygens (including phenoxy) is 1. The normalized spacial score (nSPS) is 21.8. The Labute approximate surface area is 203 Å². The monoisotopic (exact) mass is 527 g/mol. The standard InChI is InChI=1S/C24H19BrClN3O4/c1-33-22(31)20-21(27)29(16-6-3-2-5-14(16)26)17-7-4-8-18(30)19(17)24(20)13-11-12(25)9-10-15(13)28-23(24)32/h2-3,5-6,9-11H,4,7-8,27H2,1H3,(H,28,32). The molecule has 0 aromatic heterocycles. The first-order valence-corrected chi connectivity index (χ1v) is 11.5. The van der Waals surface area contributed by atoms with Gasteiger partial charge in [-0.15, -0.1) is 0 Å². The molecular weight excluding hydrogens is 510 g/mol. The minimum Gasteiger partial charge on any atom is -0.466 e. The van der Waals surface area contributed by atoms with E-state index in [4.69, 9.17) is 22.1 Å². The molecule has 2 aliphatic heterocycles. The smallest absolute Gasteiger partial charge is 0.339 e. The molecule has 0 radical (unpaired) electrons. The number of carbonyl (C=O) groups is 3. The van der Waals surface area contributed by atoms with Crippen LogP contribution in [0.25, 0.3) is 0 Å². The van der Waals surface area contributed by atoms with Crippen LogP contribution in [0.2, 0.25) is 5.02 Å². The molecule has 0 bridgehead atoms. The van der Waals surface area contributed by atoms with Crippen molar-refractivity contribution in [3.63, 3.8) is 0 Å². The van der Waals surface area contributed by atoms with E-state index in [1.54, 1.807) is 47.4 Å². The summed E-state index contributed by atoms with van der Waals surface area (Å²) in [6.07, 6.45) is 1.32. The van der Waals surface area contributed by atoms with Crippen LogP contribution in [0.4, 0.5) is 11.4 Å². The Morgan fingerprint density at radius 1 is 1.21 bits per heavy atom. The number of ketones is 1. The lowest BCUT2D eigenvalue weighted by atomic mass is 9.63. The number of hydrogen-bond acceptors (Lipinski definition) is 6. The zero-order valence-electron chi connectivity index (χ0n) is 17.6. The lowest BCUT2D eigenvalue weighted by Gasteiger charge is -2.44. The van der Waals surface area contributed by atoms with E-state index in [2.05, 4.69) is 21.2 Å². The molecule has 1 atom stereocenters. The van der Waals surface area contributed by atoms with Gasteiger partial charge < -0.3 is 15.8 Å². The number of para-hydroxylation sites is 1.